The van der Waals surface area contributed by atoms with E-state index in [1.807, 2.05) is 38.1 Å². The molecule has 0 spiro atoms. The number of carboxylic acid groups (broad SMARTS) is 1. The maximum absolute atomic E-state index is 12.6. The van der Waals surface area contributed by atoms with Gasteiger partial charge in [0.1, 0.15) is 5.82 Å². The summed E-state index contributed by atoms with van der Waals surface area (Å²) in [7, 11) is 0. The first-order chi connectivity index (χ1) is 12.0. The number of carbonyl (C=O) groups excluding carboxylic acids is 1. The Morgan fingerprint density at radius 3 is 2.80 bits per heavy atom. The first-order valence-electron chi connectivity index (χ1n) is 8.68. The van der Waals surface area contributed by atoms with Gasteiger partial charge < -0.3 is 20.3 Å². The highest BCUT2D eigenvalue weighted by Gasteiger charge is 2.30. The summed E-state index contributed by atoms with van der Waals surface area (Å²) in [6, 6.07) is 7.25. The van der Waals surface area contributed by atoms with Gasteiger partial charge in [0.05, 0.1) is 23.0 Å². The Kier molecular flexibility index (Phi) is 4.92. The molecular formula is C18H24N4O3. The molecule has 1 fully saturated rings. The number of amides is 2. The third kappa shape index (κ3) is 3.75. The van der Waals surface area contributed by atoms with Gasteiger partial charge in [-0.15, -0.1) is 0 Å². The molecule has 1 aromatic carbocycles. The van der Waals surface area contributed by atoms with Crippen LogP contribution in [0.25, 0.3) is 11.0 Å². The van der Waals surface area contributed by atoms with E-state index in [0.717, 1.165) is 16.9 Å². The highest BCUT2D eigenvalue weighted by molar-refractivity contribution is 5.78. The van der Waals surface area contributed by atoms with Crippen LogP contribution < -0.4 is 5.32 Å². The highest BCUT2D eigenvalue weighted by atomic mass is 16.4. The summed E-state index contributed by atoms with van der Waals surface area (Å²) in [4.78, 5) is 33.3. The van der Waals surface area contributed by atoms with E-state index in [1.54, 1.807) is 4.90 Å². The summed E-state index contributed by atoms with van der Waals surface area (Å²) in [6.07, 6.45) is 1.33. The smallest absolute Gasteiger partial charge is 0.318 e. The van der Waals surface area contributed by atoms with Crippen LogP contribution in [0, 0.1) is 11.8 Å². The van der Waals surface area contributed by atoms with Crippen molar-refractivity contribution in [1.82, 2.24) is 20.2 Å². The van der Waals surface area contributed by atoms with Crippen LogP contribution in [0.15, 0.2) is 24.3 Å². The minimum atomic E-state index is -0.838. The SMILES string of the molecule is CC(C)C(NC(=O)N1CCCC(C(=O)O)C1)c1nc2ccccc2[nH]1. The third-order valence-electron chi connectivity index (χ3n) is 4.71. The number of hydrogen-bond acceptors (Lipinski definition) is 3. The normalized spacial score (nSPS) is 19.2. The molecule has 3 rings (SSSR count). The zero-order chi connectivity index (χ0) is 18.0. The number of hydrogen-bond donors (Lipinski definition) is 3. The fourth-order valence-electron chi connectivity index (χ4n) is 3.26. The minimum Gasteiger partial charge on any atom is -0.481 e. The molecule has 7 nitrogen and oxygen atoms in total. The Hall–Kier alpha value is -2.57. The van der Waals surface area contributed by atoms with Gasteiger partial charge in [-0.2, -0.15) is 0 Å². The van der Waals surface area contributed by atoms with E-state index in [9.17, 15) is 14.7 Å². The molecule has 2 amide bonds. The van der Waals surface area contributed by atoms with Crippen molar-refractivity contribution in [1.29, 1.82) is 0 Å². The summed E-state index contributed by atoms with van der Waals surface area (Å²) >= 11 is 0. The summed E-state index contributed by atoms with van der Waals surface area (Å²) in [5, 5.41) is 12.2. The first kappa shape index (κ1) is 17.3. The van der Waals surface area contributed by atoms with E-state index in [0.29, 0.717) is 19.4 Å². The van der Waals surface area contributed by atoms with E-state index in [4.69, 9.17) is 0 Å². The number of imidazole rings is 1. The van der Waals surface area contributed by atoms with Crippen LogP contribution in [0.4, 0.5) is 4.79 Å². The molecule has 3 N–H and O–H groups in total. The second-order valence-corrected chi connectivity index (χ2v) is 6.93. The van der Waals surface area contributed by atoms with Crippen LogP contribution >= 0.6 is 0 Å². The average Bonchev–Trinajstić information content (AvgIpc) is 3.02. The molecule has 1 aliphatic rings. The first-order valence-corrected chi connectivity index (χ1v) is 8.68. The van der Waals surface area contributed by atoms with Crippen molar-refractivity contribution >= 4 is 23.0 Å². The second-order valence-electron chi connectivity index (χ2n) is 6.93. The van der Waals surface area contributed by atoms with Crippen LogP contribution in [0.5, 0.6) is 0 Å². The third-order valence-corrected chi connectivity index (χ3v) is 4.71. The van der Waals surface area contributed by atoms with E-state index < -0.39 is 11.9 Å². The summed E-state index contributed by atoms with van der Waals surface area (Å²) < 4.78 is 0. The Bertz CT molecular complexity index is 738. The lowest BCUT2D eigenvalue weighted by Crippen LogP contribution is -2.48. The van der Waals surface area contributed by atoms with Crippen molar-refractivity contribution in [2.24, 2.45) is 11.8 Å². The molecule has 0 radical (unpaired) electrons. The zero-order valence-electron chi connectivity index (χ0n) is 14.5. The number of likely N-dealkylation sites (tertiary alicyclic amines) is 1. The van der Waals surface area contributed by atoms with Gasteiger partial charge in [0.15, 0.2) is 0 Å². The molecule has 25 heavy (non-hydrogen) atoms. The molecule has 0 saturated carbocycles. The van der Waals surface area contributed by atoms with Crippen molar-refractivity contribution in [3.05, 3.63) is 30.1 Å². The number of para-hydroxylation sites is 2. The maximum atomic E-state index is 12.6. The predicted molar refractivity (Wildman–Crippen MR) is 94.1 cm³/mol. The number of aromatic amines is 1. The molecule has 134 valence electrons. The van der Waals surface area contributed by atoms with Gasteiger partial charge in [-0.3, -0.25) is 4.79 Å². The number of rotatable bonds is 4. The minimum absolute atomic E-state index is 0.143. The number of H-pyrrole nitrogens is 1. The lowest BCUT2D eigenvalue weighted by Gasteiger charge is -2.32. The van der Waals surface area contributed by atoms with Crippen molar-refractivity contribution in [2.75, 3.05) is 13.1 Å². The highest BCUT2D eigenvalue weighted by Crippen LogP contribution is 2.23. The molecule has 2 atom stereocenters. The quantitative estimate of drug-likeness (QED) is 0.794. The number of carboxylic acids is 1. The summed E-state index contributed by atoms with van der Waals surface area (Å²) in [5.74, 6) is -0.459. The number of urea groups is 1. The van der Waals surface area contributed by atoms with E-state index in [2.05, 4.69) is 15.3 Å². The van der Waals surface area contributed by atoms with Gasteiger partial charge in [0, 0.05) is 13.1 Å². The Balaban J connectivity index is 1.75. The number of nitrogens with one attached hydrogen (secondary N) is 2. The molecule has 1 aromatic heterocycles. The molecule has 1 aliphatic heterocycles. The molecule has 1 saturated heterocycles. The number of aliphatic carboxylic acids is 1. The standard InChI is InChI=1S/C18H24N4O3/c1-11(2)15(16-19-13-7-3-4-8-14(13)20-16)21-18(25)22-9-5-6-12(10-22)17(23)24/h3-4,7-8,11-12,15H,5-6,9-10H2,1-2H3,(H,19,20)(H,21,25)(H,23,24). The van der Waals surface area contributed by atoms with Gasteiger partial charge in [-0.1, -0.05) is 26.0 Å². The molecule has 0 aliphatic carbocycles. The number of fused-ring (bicyclic) bond motifs is 1. The number of piperidine rings is 1. The molecule has 2 aromatic rings. The van der Waals surface area contributed by atoms with E-state index in [1.165, 1.54) is 0 Å². The lowest BCUT2D eigenvalue weighted by atomic mass is 9.98. The Morgan fingerprint density at radius 1 is 1.36 bits per heavy atom. The molecule has 2 unspecified atom stereocenters. The topological polar surface area (TPSA) is 98.3 Å². The number of carbonyl (C=O) groups is 2. The van der Waals surface area contributed by atoms with Crippen molar-refractivity contribution in [3.63, 3.8) is 0 Å². The molecule has 7 heteroatoms. The maximum Gasteiger partial charge on any atom is 0.318 e. The van der Waals surface area contributed by atoms with Gasteiger partial charge in [0.2, 0.25) is 0 Å². The molecule has 2 heterocycles. The van der Waals surface area contributed by atoms with Crippen molar-refractivity contribution < 1.29 is 14.7 Å². The fourth-order valence-corrected chi connectivity index (χ4v) is 3.26. The van der Waals surface area contributed by atoms with Gasteiger partial charge in [-0.05, 0) is 30.9 Å². The monoisotopic (exact) mass is 344 g/mol. The number of nitrogens with zero attached hydrogens (tertiary/aromatic N) is 2. The van der Waals surface area contributed by atoms with Gasteiger partial charge in [0.25, 0.3) is 0 Å². The Morgan fingerprint density at radius 2 is 2.12 bits per heavy atom. The average molecular weight is 344 g/mol. The second kappa shape index (κ2) is 7.13. The largest absolute Gasteiger partial charge is 0.481 e. The predicted octanol–water partition coefficient (Wildman–Crippen LogP) is 2.77. The number of benzene rings is 1. The number of aromatic nitrogens is 2. The summed E-state index contributed by atoms with van der Waals surface area (Å²) in [5.41, 5.74) is 1.79. The van der Waals surface area contributed by atoms with Gasteiger partial charge in [-0.25, -0.2) is 9.78 Å². The fraction of sp³-hybridized carbons (Fsp3) is 0.500. The van der Waals surface area contributed by atoms with E-state index >= 15 is 0 Å². The Labute approximate surface area is 146 Å². The van der Waals surface area contributed by atoms with E-state index in [-0.39, 0.29) is 24.5 Å². The van der Waals surface area contributed by atoms with Crippen LogP contribution in [-0.4, -0.2) is 45.1 Å². The molecular weight excluding hydrogens is 320 g/mol. The van der Waals surface area contributed by atoms with Crippen LogP contribution in [0.2, 0.25) is 0 Å². The van der Waals surface area contributed by atoms with Crippen molar-refractivity contribution in [3.8, 4) is 0 Å². The van der Waals surface area contributed by atoms with Crippen molar-refractivity contribution in [2.45, 2.75) is 32.7 Å². The lowest BCUT2D eigenvalue weighted by molar-refractivity contribution is -0.143. The van der Waals surface area contributed by atoms with Crippen LogP contribution in [0.3, 0.4) is 0 Å². The van der Waals surface area contributed by atoms with Crippen LogP contribution in [-0.2, 0) is 4.79 Å². The van der Waals surface area contributed by atoms with Gasteiger partial charge >= 0.3 is 12.0 Å². The van der Waals surface area contributed by atoms with Crippen LogP contribution in [0.1, 0.15) is 38.6 Å². The summed E-state index contributed by atoms with van der Waals surface area (Å²) in [6.45, 7) is 4.88. The zero-order valence-corrected chi connectivity index (χ0v) is 14.5. The molecule has 0 bridgehead atoms.